The quantitative estimate of drug-likeness (QED) is 0.700. The minimum Gasteiger partial charge on any atom is -0.380 e. The lowest BCUT2D eigenvalue weighted by Gasteiger charge is -2.16. The molecule has 1 unspecified atom stereocenters. The summed E-state index contributed by atoms with van der Waals surface area (Å²) in [4.78, 5) is 1.72. The van der Waals surface area contributed by atoms with Crippen molar-refractivity contribution in [2.24, 2.45) is 0 Å². The summed E-state index contributed by atoms with van der Waals surface area (Å²) in [5, 5.41) is 4.68. The predicted octanol–water partition coefficient (Wildman–Crippen LogP) is 4.39. The van der Waals surface area contributed by atoms with Crippen LogP contribution in [0.15, 0.2) is 40.3 Å². The van der Waals surface area contributed by atoms with E-state index in [9.17, 15) is 4.21 Å². The first-order chi connectivity index (χ1) is 11.9. The Kier molecular flexibility index (Phi) is 8.03. The molecule has 0 amide bonds. The van der Waals surface area contributed by atoms with Crippen LogP contribution in [0.25, 0.3) is 4.91 Å². The van der Waals surface area contributed by atoms with Gasteiger partial charge in [0.05, 0.1) is 39.0 Å². The van der Waals surface area contributed by atoms with Crippen LogP contribution in [0.3, 0.4) is 0 Å². The van der Waals surface area contributed by atoms with Crippen molar-refractivity contribution in [2.75, 3.05) is 26.0 Å². The molecule has 1 fully saturated rings. The van der Waals surface area contributed by atoms with Crippen LogP contribution in [0.2, 0.25) is 5.02 Å². The molecule has 1 aliphatic heterocycles. The van der Waals surface area contributed by atoms with Crippen LogP contribution < -0.4 is 5.32 Å². The predicted molar refractivity (Wildman–Crippen MR) is 107 cm³/mol. The lowest BCUT2D eigenvalue weighted by atomic mass is 10.1. The third-order valence-electron chi connectivity index (χ3n) is 3.58. The Bertz CT molecular complexity index is 681. The molecule has 1 N–H and O–H groups in total. The zero-order valence-corrected chi connectivity index (χ0v) is 17.2. The van der Waals surface area contributed by atoms with E-state index < -0.39 is 10.8 Å². The van der Waals surface area contributed by atoms with E-state index in [1.165, 1.54) is 0 Å². The van der Waals surface area contributed by atoms with Gasteiger partial charge in [-0.15, -0.1) is 0 Å². The van der Waals surface area contributed by atoms with Crippen LogP contribution in [0.4, 0.5) is 0 Å². The summed E-state index contributed by atoms with van der Waals surface area (Å²) in [5.74, 6) is 0. The Labute approximate surface area is 161 Å². The Morgan fingerprint density at radius 3 is 2.68 bits per heavy atom. The highest BCUT2D eigenvalue weighted by Gasteiger charge is 2.16. The summed E-state index contributed by atoms with van der Waals surface area (Å²) >= 11 is 7.71. The first kappa shape index (κ1) is 20.5. The normalized spacial score (nSPS) is 15.8. The van der Waals surface area contributed by atoms with Crippen molar-refractivity contribution in [3.05, 3.63) is 46.0 Å². The van der Waals surface area contributed by atoms with Crippen LogP contribution in [0.5, 0.6) is 0 Å². The molecule has 0 spiro atoms. The largest absolute Gasteiger partial charge is 0.380 e. The molecular weight excluding hydrogens is 378 g/mol. The molecule has 0 radical (unpaired) electrons. The summed E-state index contributed by atoms with van der Waals surface area (Å²) in [6, 6.07) is 5.63. The van der Waals surface area contributed by atoms with E-state index in [2.05, 4.69) is 11.9 Å². The van der Waals surface area contributed by atoms with Crippen LogP contribution in [0, 0.1) is 0 Å². The summed E-state index contributed by atoms with van der Waals surface area (Å²) in [6.45, 7) is 10.3. The maximum Gasteiger partial charge on any atom is 0.159 e. The van der Waals surface area contributed by atoms with Gasteiger partial charge >= 0.3 is 0 Å². The SMILES string of the molecule is C=C(NCCC1OCCO1)SC(=C(C)C)c1ccc(Cl)c(S(C)=O)c1. The fourth-order valence-electron chi connectivity index (χ4n) is 2.38. The smallest absolute Gasteiger partial charge is 0.159 e. The molecule has 0 aromatic heterocycles. The number of benzene rings is 1. The molecule has 7 heteroatoms. The Morgan fingerprint density at radius 1 is 1.40 bits per heavy atom. The van der Waals surface area contributed by atoms with Crippen molar-refractivity contribution in [2.45, 2.75) is 31.5 Å². The van der Waals surface area contributed by atoms with Gasteiger partial charge in [0, 0.05) is 24.1 Å². The van der Waals surface area contributed by atoms with Gasteiger partial charge in [0.25, 0.3) is 0 Å². The zero-order chi connectivity index (χ0) is 18.4. The molecule has 1 heterocycles. The van der Waals surface area contributed by atoms with Gasteiger partial charge in [-0.1, -0.05) is 41.6 Å². The zero-order valence-electron chi connectivity index (χ0n) is 14.8. The molecule has 1 aromatic carbocycles. The Morgan fingerprint density at radius 2 is 2.08 bits per heavy atom. The average molecular weight is 402 g/mol. The molecule has 1 aromatic rings. The van der Waals surface area contributed by atoms with Gasteiger partial charge in [-0.3, -0.25) is 4.21 Å². The van der Waals surface area contributed by atoms with E-state index in [1.807, 2.05) is 26.0 Å². The number of halogens is 1. The average Bonchev–Trinajstić information content (AvgIpc) is 3.06. The van der Waals surface area contributed by atoms with E-state index in [0.717, 1.165) is 34.0 Å². The van der Waals surface area contributed by atoms with Crippen molar-refractivity contribution in [3.8, 4) is 0 Å². The molecule has 1 aliphatic rings. The molecule has 138 valence electrons. The molecule has 0 saturated carbocycles. The summed E-state index contributed by atoms with van der Waals surface area (Å²) in [5.41, 5.74) is 2.15. The highest BCUT2D eigenvalue weighted by Crippen LogP contribution is 2.36. The van der Waals surface area contributed by atoms with E-state index in [1.54, 1.807) is 24.1 Å². The Hall–Kier alpha value is -0.790. The van der Waals surface area contributed by atoms with E-state index in [0.29, 0.717) is 23.1 Å². The van der Waals surface area contributed by atoms with Gasteiger partial charge in [-0.2, -0.15) is 0 Å². The highest BCUT2D eigenvalue weighted by atomic mass is 35.5. The topological polar surface area (TPSA) is 47.6 Å². The van der Waals surface area contributed by atoms with Crippen LogP contribution in [-0.4, -0.2) is 36.5 Å². The molecular formula is C18H24ClNO3S2. The molecule has 0 bridgehead atoms. The van der Waals surface area contributed by atoms with Crippen molar-refractivity contribution < 1.29 is 13.7 Å². The monoisotopic (exact) mass is 401 g/mol. The number of hydrogen-bond acceptors (Lipinski definition) is 5. The standard InChI is InChI=1S/C18H24ClNO3S2/c1-12(2)18(14-5-6-15(19)16(11-14)25(4)21)24-13(3)20-8-7-17-22-9-10-23-17/h5-6,11,17,20H,3,7-10H2,1-2,4H3. The molecule has 1 atom stereocenters. The number of nitrogens with one attached hydrogen (secondary N) is 1. The second kappa shape index (κ2) is 9.78. The number of rotatable bonds is 8. The lowest BCUT2D eigenvalue weighted by Crippen LogP contribution is -2.19. The van der Waals surface area contributed by atoms with Gasteiger partial charge in [0.1, 0.15) is 0 Å². The second-order valence-electron chi connectivity index (χ2n) is 5.84. The maximum absolute atomic E-state index is 11.9. The van der Waals surface area contributed by atoms with Crippen molar-refractivity contribution in [3.63, 3.8) is 0 Å². The van der Waals surface area contributed by atoms with Gasteiger partial charge in [0.2, 0.25) is 0 Å². The number of thioether (sulfide) groups is 1. The van der Waals surface area contributed by atoms with Crippen molar-refractivity contribution in [1.82, 2.24) is 5.32 Å². The van der Waals surface area contributed by atoms with Crippen LogP contribution in [-0.2, 0) is 20.3 Å². The number of allylic oxidation sites excluding steroid dienone is 1. The van der Waals surface area contributed by atoms with E-state index in [-0.39, 0.29) is 6.29 Å². The van der Waals surface area contributed by atoms with E-state index >= 15 is 0 Å². The van der Waals surface area contributed by atoms with Gasteiger partial charge in [-0.05, 0) is 31.5 Å². The second-order valence-corrected chi connectivity index (χ2v) is 8.70. The highest BCUT2D eigenvalue weighted by molar-refractivity contribution is 8.11. The number of ether oxygens (including phenoxy) is 2. The summed E-state index contributed by atoms with van der Waals surface area (Å²) in [7, 11) is -1.13. The first-order valence-electron chi connectivity index (χ1n) is 8.03. The molecule has 2 rings (SSSR count). The first-order valence-corrected chi connectivity index (χ1v) is 10.8. The molecule has 4 nitrogen and oxygen atoms in total. The third-order valence-corrected chi connectivity index (χ3v) is 6.21. The third kappa shape index (κ3) is 6.15. The molecule has 1 saturated heterocycles. The van der Waals surface area contributed by atoms with Crippen LogP contribution in [0.1, 0.15) is 25.8 Å². The van der Waals surface area contributed by atoms with Crippen molar-refractivity contribution >= 4 is 39.1 Å². The van der Waals surface area contributed by atoms with Gasteiger partial charge in [0.15, 0.2) is 6.29 Å². The number of hydrogen-bond donors (Lipinski definition) is 1. The Balaban J connectivity index is 2.01. The summed E-state index contributed by atoms with van der Waals surface area (Å²) in [6.07, 6.45) is 2.30. The van der Waals surface area contributed by atoms with E-state index in [4.69, 9.17) is 21.1 Å². The fraction of sp³-hybridized carbons (Fsp3) is 0.444. The van der Waals surface area contributed by atoms with Gasteiger partial charge < -0.3 is 14.8 Å². The minimum absolute atomic E-state index is 0.119. The van der Waals surface area contributed by atoms with Gasteiger partial charge in [-0.25, -0.2) is 0 Å². The lowest BCUT2D eigenvalue weighted by molar-refractivity contribution is -0.0455. The molecule has 25 heavy (non-hydrogen) atoms. The van der Waals surface area contributed by atoms with Crippen LogP contribution >= 0.6 is 23.4 Å². The molecule has 0 aliphatic carbocycles. The minimum atomic E-state index is -1.13. The fourth-order valence-corrected chi connectivity index (χ4v) is 4.33. The maximum atomic E-state index is 11.9. The van der Waals surface area contributed by atoms with Crippen molar-refractivity contribution in [1.29, 1.82) is 0 Å². The summed E-state index contributed by atoms with van der Waals surface area (Å²) < 4.78 is 22.7.